The van der Waals surface area contributed by atoms with E-state index in [9.17, 15) is 4.79 Å². The van der Waals surface area contributed by atoms with Crippen molar-refractivity contribution in [1.82, 2.24) is 4.90 Å². The van der Waals surface area contributed by atoms with E-state index < -0.39 is 6.09 Å². The molecule has 2 aliphatic heterocycles. The molecule has 0 radical (unpaired) electrons. The molecule has 2 unspecified atom stereocenters. The van der Waals surface area contributed by atoms with Gasteiger partial charge in [0.1, 0.15) is 0 Å². The van der Waals surface area contributed by atoms with Crippen molar-refractivity contribution in [3.8, 4) is 0 Å². The number of nitrogens with zero attached hydrogens (tertiary/aromatic N) is 2. The zero-order valence-electron chi connectivity index (χ0n) is 14.6. The molecule has 26 heavy (non-hydrogen) atoms. The lowest BCUT2D eigenvalue weighted by Crippen LogP contribution is -2.51. The molecule has 1 N–H and O–H groups in total. The molecular formula is C20H23N3O2S. The Kier molecular flexibility index (Phi) is 5.32. The molecule has 1 aromatic carbocycles. The number of nitrogens with one attached hydrogen (secondary N) is 1. The average molecular weight is 369 g/mol. The van der Waals surface area contributed by atoms with E-state index in [4.69, 9.17) is 4.84 Å². The highest BCUT2D eigenvalue weighted by atomic mass is 32.1. The molecule has 3 heterocycles. The van der Waals surface area contributed by atoms with E-state index >= 15 is 0 Å². The number of fused-ring (bicyclic) bond motifs is 2. The summed E-state index contributed by atoms with van der Waals surface area (Å²) >= 11 is 1.82. The van der Waals surface area contributed by atoms with Crippen LogP contribution < -0.4 is 5.32 Å². The minimum Gasteiger partial charge on any atom is -0.298 e. The van der Waals surface area contributed by atoms with Crippen LogP contribution in [0.15, 0.2) is 53.0 Å². The van der Waals surface area contributed by atoms with Gasteiger partial charge in [-0.1, -0.05) is 35.8 Å². The first-order valence-corrected chi connectivity index (χ1v) is 10.0. The summed E-state index contributed by atoms with van der Waals surface area (Å²) in [5.41, 5.74) is 1.71. The van der Waals surface area contributed by atoms with E-state index in [2.05, 4.69) is 32.9 Å². The van der Waals surface area contributed by atoms with Crippen molar-refractivity contribution in [3.05, 3.63) is 52.7 Å². The maximum Gasteiger partial charge on any atom is 0.437 e. The fourth-order valence-electron chi connectivity index (χ4n) is 3.97. The van der Waals surface area contributed by atoms with Crippen LogP contribution in [0.5, 0.6) is 0 Å². The standard InChI is InChI=1S/C20H23N3O2S/c24-20(21-15-6-2-1-3-7-15)25-22-16-12-17-8-4-9-18(13-16)23(17)14-19-10-5-11-26-19/h1-3,5-7,10-11,17-18H,4,8-9,12-14H2,(H,21,24). The molecule has 1 amide bonds. The molecule has 2 bridgehead atoms. The third-order valence-corrected chi connectivity index (χ3v) is 6.01. The molecule has 2 aromatic rings. The van der Waals surface area contributed by atoms with Crippen molar-refractivity contribution < 1.29 is 9.63 Å². The molecule has 5 nitrogen and oxygen atoms in total. The van der Waals surface area contributed by atoms with Gasteiger partial charge in [0.15, 0.2) is 0 Å². The summed E-state index contributed by atoms with van der Waals surface area (Å²) < 4.78 is 0. The maximum absolute atomic E-state index is 11.9. The first kappa shape index (κ1) is 17.2. The van der Waals surface area contributed by atoms with Crippen molar-refractivity contribution in [1.29, 1.82) is 0 Å². The van der Waals surface area contributed by atoms with Crippen molar-refractivity contribution >= 4 is 28.8 Å². The Morgan fingerprint density at radius 3 is 2.62 bits per heavy atom. The zero-order valence-corrected chi connectivity index (χ0v) is 15.5. The summed E-state index contributed by atoms with van der Waals surface area (Å²) in [4.78, 5) is 21.1. The topological polar surface area (TPSA) is 53.9 Å². The number of hydrogen-bond donors (Lipinski definition) is 1. The second-order valence-electron chi connectivity index (χ2n) is 6.93. The Morgan fingerprint density at radius 1 is 1.15 bits per heavy atom. The molecule has 2 atom stereocenters. The molecule has 0 aliphatic carbocycles. The van der Waals surface area contributed by atoms with Crippen LogP contribution in [0.25, 0.3) is 0 Å². The number of carbonyl (C=O) groups is 1. The largest absolute Gasteiger partial charge is 0.437 e. The second-order valence-corrected chi connectivity index (χ2v) is 7.96. The molecule has 2 fully saturated rings. The maximum atomic E-state index is 11.9. The minimum atomic E-state index is -0.533. The summed E-state index contributed by atoms with van der Waals surface area (Å²) in [5.74, 6) is 0. The number of amides is 1. The lowest BCUT2D eigenvalue weighted by atomic mass is 9.83. The van der Waals surface area contributed by atoms with Crippen LogP contribution in [-0.4, -0.2) is 28.8 Å². The van der Waals surface area contributed by atoms with E-state index in [0.717, 1.165) is 25.1 Å². The van der Waals surface area contributed by atoms with Crippen molar-refractivity contribution in [2.75, 3.05) is 5.32 Å². The smallest absolute Gasteiger partial charge is 0.298 e. The summed E-state index contributed by atoms with van der Waals surface area (Å²) in [6, 6.07) is 14.6. The number of thiophene rings is 1. The fourth-order valence-corrected chi connectivity index (χ4v) is 4.68. The highest BCUT2D eigenvalue weighted by Gasteiger charge is 2.37. The van der Waals surface area contributed by atoms with Crippen molar-refractivity contribution in [3.63, 3.8) is 0 Å². The van der Waals surface area contributed by atoms with Gasteiger partial charge < -0.3 is 0 Å². The second kappa shape index (κ2) is 8.01. The first-order valence-electron chi connectivity index (χ1n) is 9.15. The number of rotatable bonds is 4. The van der Waals surface area contributed by atoms with E-state index in [0.29, 0.717) is 17.8 Å². The molecule has 4 rings (SSSR count). The molecule has 0 spiro atoms. The number of para-hydroxylation sites is 1. The predicted octanol–water partition coefficient (Wildman–Crippen LogP) is 4.87. The first-order chi connectivity index (χ1) is 12.8. The molecule has 136 valence electrons. The molecule has 2 saturated heterocycles. The normalized spacial score (nSPS) is 22.7. The van der Waals surface area contributed by atoms with Crippen molar-refractivity contribution in [2.45, 2.75) is 50.7 Å². The SMILES string of the molecule is O=C(Nc1ccccc1)ON=C1CC2CCCC(C1)N2Cc1cccs1. The van der Waals surface area contributed by atoms with Crippen LogP contribution in [0.1, 0.15) is 37.0 Å². The number of piperidine rings is 2. The van der Waals surface area contributed by atoms with Gasteiger partial charge in [0.2, 0.25) is 0 Å². The van der Waals surface area contributed by atoms with Crippen LogP contribution in [0.2, 0.25) is 0 Å². The third kappa shape index (κ3) is 4.14. The van der Waals surface area contributed by atoms with E-state index in [1.165, 1.54) is 24.1 Å². The Hall–Kier alpha value is -2.18. The van der Waals surface area contributed by atoms with Gasteiger partial charge in [-0.3, -0.25) is 15.1 Å². The summed E-state index contributed by atoms with van der Waals surface area (Å²) in [6.07, 6.45) is 4.91. The number of oxime groups is 1. The molecule has 6 heteroatoms. The lowest BCUT2D eigenvalue weighted by molar-refractivity contribution is 0.0673. The minimum absolute atomic E-state index is 0.504. The predicted molar refractivity (Wildman–Crippen MR) is 105 cm³/mol. The Balaban J connectivity index is 1.36. The Bertz CT molecular complexity index is 745. The lowest BCUT2D eigenvalue weighted by Gasteiger charge is -2.46. The van der Waals surface area contributed by atoms with Gasteiger partial charge in [0, 0.05) is 42.0 Å². The van der Waals surface area contributed by atoms with Crippen molar-refractivity contribution in [2.24, 2.45) is 5.16 Å². The van der Waals surface area contributed by atoms with E-state index in [-0.39, 0.29) is 0 Å². The van der Waals surface area contributed by atoms with Gasteiger partial charge in [0.25, 0.3) is 0 Å². The van der Waals surface area contributed by atoms with Gasteiger partial charge in [-0.2, -0.15) is 0 Å². The summed E-state index contributed by atoms with van der Waals surface area (Å²) in [7, 11) is 0. The number of benzene rings is 1. The van der Waals surface area contributed by atoms with Gasteiger partial charge in [-0.25, -0.2) is 4.79 Å². The van der Waals surface area contributed by atoms with Gasteiger partial charge in [-0.15, -0.1) is 11.3 Å². The highest BCUT2D eigenvalue weighted by Crippen LogP contribution is 2.34. The number of anilines is 1. The highest BCUT2D eigenvalue weighted by molar-refractivity contribution is 7.09. The number of hydrogen-bond acceptors (Lipinski definition) is 5. The molecule has 0 saturated carbocycles. The number of carbonyl (C=O) groups excluding carboxylic acids is 1. The van der Waals surface area contributed by atoms with Gasteiger partial charge >= 0.3 is 6.09 Å². The summed E-state index contributed by atoms with van der Waals surface area (Å²) in [6.45, 7) is 1.02. The Morgan fingerprint density at radius 2 is 1.92 bits per heavy atom. The fraction of sp³-hybridized carbons (Fsp3) is 0.400. The van der Waals surface area contributed by atoms with Crippen LogP contribution in [0.4, 0.5) is 10.5 Å². The van der Waals surface area contributed by atoms with Crippen LogP contribution in [0, 0.1) is 0 Å². The molecule has 2 aliphatic rings. The van der Waals surface area contributed by atoms with Crippen LogP contribution >= 0.6 is 11.3 Å². The monoisotopic (exact) mass is 369 g/mol. The van der Waals surface area contributed by atoms with E-state index in [1.807, 2.05) is 41.7 Å². The molecule has 1 aromatic heterocycles. The average Bonchev–Trinajstić information content (AvgIpc) is 3.14. The quantitative estimate of drug-likeness (QED) is 0.618. The van der Waals surface area contributed by atoms with Crippen LogP contribution in [-0.2, 0) is 11.4 Å². The zero-order chi connectivity index (χ0) is 17.8. The van der Waals surface area contributed by atoms with Crippen LogP contribution in [0.3, 0.4) is 0 Å². The third-order valence-electron chi connectivity index (χ3n) is 5.15. The van der Waals surface area contributed by atoms with Gasteiger partial charge in [-0.05, 0) is 36.4 Å². The molecular weight excluding hydrogens is 346 g/mol. The van der Waals surface area contributed by atoms with E-state index in [1.54, 1.807) is 0 Å². The Labute approximate surface area is 157 Å². The summed E-state index contributed by atoms with van der Waals surface area (Å²) in [5, 5.41) is 9.01. The van der Waals surface area contributed by atoms with Gasteiger partial charge in [0.05, 0.1) is 5.71 Å².